The molecule has 1 radical (unpaired) electrons. The van der Waals surface area contributed by atoms with Crippen LogP contribution in [0.2, 0.25) is 0 Å². The van der Waals surface area contributed by atoms with Gasteiger partial charge in [-0.05, 0) is 51.6 Å². The Kier molecular flexibility index (Phi) is 4.12. The zero-order chi connectivity index (χ0) is 16.2. The molecule has 0 aliphatic carbocycles. The van der Waals surface area contributed by atoms with E-state index in [0.29, 0.717) is 0 Å². The number of benzene rings is 4. The Hall–Kier alpha value is -2.86. The average Bonchev–Trinajstić information content (AvgIpc) is 2.65. The Morgan fingerprint density at radius 1 is 0.625 bits per heavy atom. The molecule has 0 nitrogen and oxygen atoms in total. The number of rotatable bonds is 4. The van der Waals surface area contributed by atoms with E-state index >= 15 is 0 Å². The summed E-state index contributed by atoms with van der Waals surface area (Å²) in [7, 11) is 0. The molecule has 24 heavy (non-hydrogen) atoms. The van der Waals surface area contributed by atoms with Gasteiger partial charge in [0, 0.05) is 0 Å². The number of aryl methyl sites for hydroxylation is 1. The van der Waals surface area contributed by atoms with Gasteiger partial charge in [-0.3, -0.25) is 0 Å². The minimum Gasteiger partial charge on any atom is -0.0616 e. The summed E-state index contributed by atoms with van der Waals surface area (Å²) >= 11 is 0. The number of hydrogen-bond acceptors (Lipinski definition) is 0. The third-order valence-electron chi connectivity index (χ3n) is 4.50. The van der Waals surface area contributed by atoms with Crippen LogP contribution in [0.5, 0.6) is 0 Å². The minimum absolute atomic E-state index is 0.928. The molecule has 0 fully saturated rings. The van der Waals surface area contributed by atoms with Crippen LogP contribution in [0.25, 0.3) is 27.6 Å². The van der Waals surface area contributed by atoms with Crippen molar-refractivity contribution in [3.05, 3.63) is 102 Å². The fourth-order valence-corrected chi connectivity index (χ4v) is 3.28. The highest BCUT2D eigenvalue weighted by Gasteiger charge is 2.00. The molecule has 0 saturated carbocycles. The molecule has 0 amide bonds. The van der Waals surface area contributed by atoms with Gasteiger partial charge >= 0.3 is 0 Å². The lowest BCUT2D eigenvalue weighted by atomic mass is 10.00. The smallest absolute Gasteiger partial charge is 0.0111 e. The lowest BCUT2D eigenvalue weighted by Crippen LogP contribution is -1.86. The van der Waals surface area contributed by atoms with Crippen molar-refractivity contribution in [2.75, 3.05) is 0 Å². The van der Waals surface area contributed by atoms with Crippen LogP contribution in [0.3, 0.4) is 0 Å². The van der Waals surface area contributed by atoms with E-state index in [2.05, 4.69) is 97.1 Å². The van der Waals surface area contributed by atoms with E-state index in [1.54, 1.807) is 0 Å². The first kappa shape index (κ1) is 14.7. The molecule has 0 saturated heterocycles. The van der Waals surface area contributed by atoms with Crippen LogP contribution in [0.4, 0.5) is 0 Å². The Bertz CT molecular complexity index is 998. The normalized spacial score (nSPS) is 11.5. The summed E-state index contributed by atoms with van der Waals surface area (Å²) in [5, 5.41) is 5.24. The van der Waals surface area contributed by atoms with Crippen molar-refractivity contribution < 1.29 is 0 Å². The summed E-state index contributed by atoms with van der Waals surface area (Å²) in [5.41, 5.74) is 2.64. The zero-order valence-electron chi connectivity index (χ0n) is 13.6. The number of hydrogen-bond donors (Lipinski definition) is 0. The minimum atomic E-state index is 0.928. The van der Waals surface area contributed by atoms with Crippen molar-refractivity contribution >= 4 is 27.6 Å². The maximum Gasteiger partial charge on any atom is -0.0111 e. The highest BCUT2D eigenvalue weighted by atomic mass is 14.0. The number of fused-ring (bicyclic) bond motifs is 2. The predicted molar refractivity (Wildman–Crippen MR) is 104 cm³/mol. The van der Waals surface area contributed by atoms with Crippen LogP contribution >= 0.6 is 0 Å². The predicted octanol–water partition coefficient (Wildman–Crippen LogP) is 6.44. The molecule has 0 aliphatic heterocycles. The summed E-state index contributed by atoms with van der Waals surface area (Å²) < 4.78 is 0. The van der Waals surface area contributed by atoms with Crippen molar-refractivity contribution in [3.8, 4) is 0 Å². The van der Waals surface area contributed by atoms with Crippen molar-refractivity contribution in [2.24, 2.45) is 0 Å². The molecule has 0 aromatic heterocycles. The van der Waals surface area contributed by atoms with E-state index in [0.717, 1.165) is 12.8 Å². The van der Waals surface area contributed by atoms with Gasteiger partial charge in [-0.25, -0.2) is 0 Å². The fourth-order valence-electron chi connectivity index (χ4n) is 3.28. The Balaban J connectivity index is 1.53. The number of allylic oxidation sites excluding steroid dienone is 1. The second-order valence-electron chi connectivity index (χ2n) is 6.06. The molecule has 0 atom stereocenters. The van der Waals surface area contributed by atoms with E-state index in [-0.39, 0.29) is 0 Å². The van der Waals surface area contributed by atoms with Gasteiger partial charge in [0.15, 0.2) is 0 Å². The SMILES string of the molecule is [C](=Cc1cccc2ccccc12)CCc1cccc2ccccc12. The molecule has 0 aliphatic rings. The van der Waals surface area contributed by atoms with Crippen molar-refractivity contribution in [3.63, 3.8) is 0 Å². The molecular formula is C24H19. The first-order valence-corrected chi connectivity index (χ1v) is 8.43. The first-order valence-electron chi connectivity index (χ1n) is 8.43. The molecule has 4 rings (SSSR count). The monoisotopic (exact) mass is 307 g/mol. The zero-order valence-corrected chi connectivity index (χ0v) is 13.6. The van der Waals surface area contributed by atoms with Crippen LogP contribution in [-0.4, -0.2) is 0 Å². The Morgan fingerprint density at radius 2 is 1.25 bits per heavy atom. The summed E-state index contributed by atoms with van der Waals surface area (Å²) in [4.78, 5) is 0. The molecular weight excluding hydrogens is 288 g/mol. The quantitative estimate of drug-likeness (QED) is 0.407. The summed E-state index contributed by atoms with van der Waals surface area (Å²) in [6, 6.07) is 30.1. The molecule has 4 aromatic rings. The third-order valence-corrected chi connectivity index (χ3v) is 4.50. The van der Waals surface area contributed by atoms with Crippen LogP contribution in [0.1, 0.15) is 17.5 Å². The van der Waals surface area contributed by atoms with Gasteiger partial charge in [0.25, 0.3) is 0 Å². The first-order chi connectivity index (χ1) is 11.9. The second-order valence-corrected chi connectivity index (χ2v) is 6.06. The molecule has 0 N–H and O–H groups in total. The highest BCUT2D eigenvalue weighted by molar-refractivity contribution is 5.90. The second kappa shape index (κ2) is 6.72. The molecule has 0 heteroatoms. The maximum absolute atomic E-state index is 3.48. The molecule has 0 spiro atoms. The topological polar surface area (TPSA) is 0 Å². The maximum atomic E-state index is 3.48. The lowest BCUT2D eigenvalue weighted by Gasteiger charge is -2.05. The lowest BCUT2D eigenvalue weighted by molar-refractivity contribution is 0.996. The summed E-state index contributed by atoms with van der Waals surface area (Å²) in [5.74, 6) is 0. The van der Waals surface area contributed by atoms with Gasteiger partial charge in [-0.1, -0.05) is 91.0 Å². The fraction of sp³-hybridized carbons (Fsp3) is 0.0833. The van der Waals surface area contributed by atoms with Crippen molar-refractivity contribution in [1.82, 2.24) is 0 Å². The average molecular weight is 307 g/mol. The highest BCUT2D eigenvalue weighted by Crippen LogP contribution is 2.21. The van der Waals surface area contributed by atoms with E-state index in [9.17, 15) is 0 Å². The summed E-state index contributed by atoms with van der Waals surface area (Å²) in [6.45, 7) is 0. The van der Waals surface area contributed by atoms with E-state index in [1.807, 2.05) is 0 Å². The third kappa shape index (κ3) is 2.96. The van der Waals surface area contributed by atoms with Gasteiger partial charge in [-0.15, -0.1) is 0 Å². The van der Waals surface area contributed by atoms with E-state index in [4.69, 9.17) is 0 Å². The van der Waals surface area contributed by atoms with Gasteiger partial charge < -0.3 is 0 Å². The van der Waals surface area contributed by atoms with Crippen LogP contribution in [-0.2, 0) is 6.42 Å². The van der Waals surface area contributed by atoms with Gasteiger partial charge in [0.1, 0.15) is 0 Å². The van der Waals surface area contributed by atoms with Gasteiger partial charge in [0.2, 0.25) is 0 Å². The van der Waals surface area contributed by atoms with Gasteiger partial charge in [0.05, 0.1) is 0 Å². The van der Waals surface area contributed by atoms with Crippen LogP contribution in [0.15, 0.2) is 84.9 Å². The van der Waals surface area contributed by atoms with Crippen molar-refractivity contribution in [2.45, 2.75) is 12.8 Å². The molecule has 0 bridgehead atoms. The van der Waals surface area contributed by atoms with Crippen molar-refractivity contribution in [1.29, 1.82) is 0 Å². The molecule has 0 heterocycles. The van der Waals surface area contributed by atoms with Crippen LogP contribution < -0.4 is 0 Å². The van der Waals surface area contributed by atoms with E-state index in [1.165, 1.54) is 32.7 Å². The van der Waals surface area contributed by atoms with Gasteiger partial charge in [-0.2, -0.15) is 0 Å². The summed E-state index contributed by atoms with van der Waals surface area (Å²) in [6.07, 6.45) is 7.56. The molecule has 115 valence electrons. The van der Waals surface area contributed by atoms with Crippen LogP contribution in [0, 0.1) is 6.08 Å². The largest absolute Gasteiger partial charge is 0.0616 e. The molecule has 0 unspecified atom stereocenters. The molecule has 4 aromatic carbocycles. The van der Waals surface area contributed by atoms with E-state index < -0.39 is 0 Å². The Morgan fingerprint density at radius 3 is 2.08 bits per heavy atom. The Labute approximate surface area is 143 Å². The standard InChI is InChI=1S/C24H19/c1(9-19-13-7-15-21-11-3-5-17-23(19)21)2-10-20-14-8-16-22-12-4-6-18-24(20)22/h3-8,10-18H,1,9H2.